The Kier molecular flexibility index (Phi) is 5.28. The Hall–Kier alpha value is -2.47. The zero-order valence-electron chi connectivity index (χ0n) is 14.1. The van der Waals surface area contributed by atoms with Gasteiger partial charge in [0.05, 0.1) is 0 Å². The first-order valence-corrected chi connectivity index (χ1v) is 8.33. The number of carbonyl (C=O) groups is 1. The first-order valence-electron chi connectivity index (χ1n) is 8.33. The second-order valence-electron chi connectivity index (χ2n) is 6.35. The van der Waals surface area contributed by atoms with E-state index in [1.165, 1.54) is 6.07 Å². The maximum Gasteiger partial charge on any atom is 0.261 e. The maximum absolute atomic E-state index is 13.7. The third-order valence-corrected chi connectivity index (χ3v) is 4.40. The molecule has 6 heteroatoms. The second-order valence-corrected chi connectivity index (χ2v) is 6.35. The fraction of sp³-hybridized carbons (Fsp3) is 0.316. The van der Waals surface area contributed by atoms with Crippen LogP contribution in [0.5, 0.6) is 0 Å². The molecule has 1 saturated heterocycles. The Morgan fingerprint density at radius 3 is 2.32 bits per heavy atom. The van der Waals surface area contributed by atoms with Crippen LogP contribution in [0, 0.1) is 11.6 Å². The molecule has 0 unspecified atom stereocenters. The summed E-state index contributed by atoms with van der Waals surface area (Å²) in [4.78, 5) is 14.5. The molecular weight excluding hydrogens is 324 g/mol. The highest BCUT2D eigenvalue weighted by atomic mass is 19.1. The standard InChI is InChI=1S/C19H21F2N3O/c1-24-10-8-13(9-11-24)22-14-4-2-5-15(12-14)23-19(25)18-16(20)6-3-7-17(18)21/h2-7,12-13,22H,8-11H2,1H3,(H,23,25). The van der Waals surface area contributed by atoms with Crippen LogP contribution >= 0.6 is 0 Å². The normalized spacial score (nSPS) is 15.8. The predicted molar refractivity (Wildman–Crippen MR) is 94.9 cm³/mol. The molecule has 2 aromatic rings. The Morgan fingerprint density at radius 2 is 1.64 bits per heavy atom. The van der Waals surface area contributed by atoms with Gasteiger partial charge in [0.25, 0.3) is 5.91 Å². The van der Waals surface area contributed by atoms with Gasteiger partial charge in [0.15, 0.2) is 0 Å². The molecule has 2 N–H and O–H groups in total. The molecule has 0 aromatic heterocycles. The maximum atomic E-state index is 13.7. The Balaban J connectivity index is 1.68. The molecule has 0 spiro atoms. The summed E-state index contributed by atoms with van der Waals surface area (Å²) in [6.07, 6.45) is 2.10. The quantitative estimate of drug-likeness (QED) is 0.888. The highest BCUT2D eigenvalue weighted by Crippen LogP contribution is 2.21. The van der Waals surface area contributed by atoms with E-state index in [-0.39, 0.29) is 0 Å². The summed E-state index contributed by atoms with van der Waals surface area (Å²) < 4.78 is 27.4. The number of benzene rings is 2. The third kappa shape index (κ3) is 4.33. The van der Waals surface area contributed by atoms with Crippen molar-refractivity contribution in [3.05, 3.63) is 59.7 Å². The van der Waals surface area contributed by atoms with E-state index in [9.17, 15) is 13.6 Å². The number of carbonyl (C=O) groups excluding carboxylic acids is 1. The minimum Gasteiger partial charge on any atom is -0.382 e. The van der Waals surface area contributed by atoms with E-state index in [0.717, 1.165) is 43.8 Å². The van der Waals surface area contributed by atoms with Gasteiger partial charge in [0.1, 0.15) is 17.2 Å². The number of likely N-dealkylation sites (tertiary alicyclic amines) is 1. The Bertz CT molecular complexity index is 738. The lowest BCUT2D eigenvalue weighted by Gasteiger charge is -2.30. The molecule has 0 atom stereocenters. The van der Waals surface area contributed by atoms with E-state index in [4.69, 9.17) is 0 Å². The van der Waals surface area contributed by atoms with Gasteiger partial charge in [-0.3, -0.25) is 4.79 Å². The minimum absolute atomic E-state index is 0.381. The van der Waals surface area contributed by atoms with E-state index in [0.29, 0.717) is 11.7 Å². The van der Waals surface area contributed by atoms with E-state index in [1.54, 1.807) is 18.2 Å². The summed E-state index contributed by atoms with van der Waals surface area (Å²) >= 11 is 0. The van der Waals surface area contributed by atoms with Gasteiger partial charge < -0.3 is 15.5 Å². The van der Waals surface area contributed by atoms with Crippen LogP contribution in [0.4, 0.5) is 20.2 Å². The Labute approximate surface area is 145 Å². The number of anilines is 2. The SMILES string of the molecule is CN1CCC(Nc2cccc(NC(=O)c3c(F)cccc3F)c2)CC1. The van der Waals surface area contributed by atoms with Crippen molar-refractivity contribution in [2.45, 2.75) is 18.9 Å². The number of nitrogens with one attached hydrogen (secondary N) is 2. The Morgan fingerprint density at radius 1 is 1.04 bits per heavy atom. The average molecular weight is 345 g/mol. The van der Waals surface area contributed by atoms with Gasteiger partial charge in [-0.25, -0.2) is 8.78 Å². The molecule has 1 aliphatic heterocycles. The van der Waals surface area contributed by atoms with Crippen molar-refractivity contribution >= 4 is 17.3 Å². The predicted octanol–water partition coefficient (Wildman–Crippen LogP) is 3.72. The molecule has 0 radical (unpaired) electrons. The molecule has 25 heavy (non-hydrogen) atoms. The first kappa shape index (κ1) is 17.4. The van der Waals surface area contributed by atoms with Crippen molar-refractivity contribution in [1.82, 2.24) is 4.90 Å². The van der Waals surface area contributed by atoms with E-state index >= 15 is 0 Å². The lowest BCUT2D eigenvalue weighted by molar-refractivity contribution is 0.101. The summed E-state index contributed by atoms with van der Waals surface area (Å²) in [5, 5.41) is 6.01. The molecule has 0 saturated carbocycles. The zero-order valence-corrected chi connectivity index (χ0v) is 14.1. The van der Waals surface area contributed by atoms with Crippen LogP contribution in [0.3, 0.4) is 0 Å². The largest absolute Gasteiger partial charge is 0.382 e. The van der Waals surface area contributed by atoms with E-state index in [1.807, 2.05) is 6.07 Å². The monoisotopic (exact) mass is 345 g/mol. The smallest absolute Gasteiger partial charge is 0.261 e. The van der Waals surface area contributed by atoms with E-state index in [2.05, 4.69) is 22.6 Å². The van der Waals surface area contributed by atoms with Gasteiger partial charge >= 0.3 is 0 Å². The number of hydrogen-bond acceptors (Lipinski definition) is 3. The summed E-state index contributed by atoms with van der Waals surface area (Å²) in [7, 11) is 2.11. The van der Waals surface area contributed by atoms with E-state index < -0.39 is 23.1 Å². The van der Waals surface area contributed by atoms with Crippen LogP contribution in [0.1, 0.15) is 23.2 Å². The van der Waals surface area contributed by atoms with Crippen molar-refractivity contribution in [1.29, 1.82) is 0 Å². The molecule has 0 bridgehead atoms. The molecule has 2 aromatic carbocycles. The van der Waals surface area contributed by atoms with Gasteiger partial charge in [-0.2, -0.15) is 0 Å². The van der Waals surface area contributed by atoms with Crippen molar-refractivity contribution in [2.24, 2.45) is 0 Å². The molecule has 0 aliphatic carbocycles. The number of amides is 1. The number of hydrogen-bond donors (Lipinski definition) is 2. The van der Waals surface area contributed by atoms with Crippen molar-refractivity contribution in [3.63, 3.8) is 0 Å². The molecular formula is C19H21F2N3O. The van der Waals surface area contributed by atoms with Crippen LogP contribution in [-0.4, -0.2) is 37.0 Å². The summed E-state index contributed by atoms with van der Waals surface area (Å²) in [6, 6.07) is 10.9. The summed E-state index contributed by atoms with van der Waals surface area (Å²) in [5.41, 5.74) is 0.795. The molecule has 3 rings (SSSR count). The second kappa shape index (κ2) is 7.61. The molecule has 1 amide bonds. The number of piperidine rings is 1. The van der Waals surface area contributed by atoms with Gasteiger partial charge in [-0.15, -0.1) is 0 Å². The number of halogens is 2. The highest BCUT2D eigenvalue weighted by molar-refractivity contribution is 6.04. The molecule has 1 heterocycles. The van der Waals surface area contributed by atoms with Crippen LogP contribution in [0.15, 0.2) is 42.5 Å². The average Bonchev–Trinajstić information content (AvgIpc) is 2.57. The van der Waals surface area contributed by atoms with Crippen LogP contribution < -0.4 is 10.6 Å². The van der Waals surface area contributed by atoms with Crippen molar-refractivity contribution in [3.8, 4) is 0 Å². The molecule has 132 valence electrons. The first-order chi connectivity index (χ1) is 12.0. The minimum atomic E-state index is -0.877. The van der Waals surface area contributed by atoms with Crippen LogP contribution in [0.2, 0.25) is 0 Å². The van der Waals surface area contributed by atoms with Gasteiger partial charge in [0.2, 0.25) is 0 Å². The van der Waals surface area contributed by atoms with Gasteiger partial charge in [0, 0.05) is 17.4 Å². The fourth-order valence-electron chi connectivity index (χ4n) is 2.98. The summed E-state index contributed by atoms with van der Waals surface area (Å²) in [6.45, 7) is 2.08. The lowest BCUT2D eigenvalue weighted by Crippen LogP contribution is -2.36. The van der Waals surface area contributed by atoms with Crippen LogP contribution in [-0.2, 0) is 0 Å². The van der Waals surface area contributed by atoms with Crippen molar-refractivity contribution < 1.29 is 13.6 Å². The zero-order chi connectivity index (χ0) is 17.8. The molecule has 1 fully saturated rings. The molecule has 4 nitrogen and oxygen atoms in total. The fourth-order valence-corrected chi connectivity index (χ4v) is 2.98. The topological polar surface area (TPSA) is 44.4 Å². The van der Waals surface area contributed by atoms with Gasteiger partial charge in [-0.1, -0.05) is 12.1 Å². The summed E-state index contributed by atoms with van der Waals surface area (Å²) in [5.74, 6) is -2.55. The van der Waals surface area contributed by atoms with Crippen molar-refractivity contribution in [2.75, 3.05) is 30.8 Å². The third-order valence-electron chi connectivity index (χ3n) is 4.40. The lowest BCUT2D eigenvalue weighted by atomic mass is 10.1. The number of rotatable bonds is 4. The number of nitrogens with zero attached hydrogens (tertiary/aromatic N) is 1. The highest BCUT2D eigenvalue weighted by Gasteiger charge is 2.18. The van der Waals surface area contributed by atoms with Gasteiger partial charge in [-0.05, 0) is 63.3 Å². The van der Waals surface area contributed by atoms with Crippen LogP contribution in [0.25, 0.3) is 0 Å². The molecule has 1 aliphatic rings.